The van der Waals surface area contributed by atoms with E-state index < -0.39 is 23.3 Å². The van der Waals surface area contributed by atoms with Crippen LogP contribution in [0.5, 0.6) is 5.75 Å². The Labute approximate surface area is 224 Å². The first-order valence-electron chi connectivity index (χ1n) is 12.6. The van der Waals surface area contributed by atoms with E-state index in [2.05, 4.69) is 4.99 Å². The lowest BCUT2D eigenvalue weighted by Gasteiger charge is -2.29. The highest BCUT2D eigenvalue weighted by Gasteiger charge is 2.28. The summed E-state index contributed by atoms with van der Waals surface area (Å²) in [7, 11) is 0. The third kappa shape index (κ3) is 8.61. The average Bonchev–Trinajstić information content (AvgIpc) is 2.79. The fraction of sp³-hybridized carbons (Fsp3) is 0.448. The van der Waals surface area contributed by atoms with Gasteiger partial charge in [-0.2, -0.15) is 4.99 Å². The van der Waals surface area contributed by atoms with Crippen molar-refractivity contribution in [3.63, 3.8) is 0 Å². The Bertz CT molecular complexity index is 1210. The molecule has 9 nitrogen and oxygen atoms in total. The Kier molecular flexibility index (Phi) is 8.81. The summed E-state index contributed by atoms with van der Waals surface area (Å²) in [6, 6.07) is 12.8. The van der Waals surface area contributed by atoms with E-state index in [0.717, 1.165) is 11.1 Å². The van der Waals surface area contributed by atoms with Gasteiger partial charge in [0.15, 0.2) is 0 Å². The molecule has 0 saturated carbocycles. The van der Waals surface area contributed by atoms with E-state index in [4.69, 9.17) is 19.9 Å². The van der Waals surface area contributed by atoms with E-state index in [9.17, 15) is 14.4 Å². The van der Waals surface area contributed by atoms with Crippen LogP contribution in [0.25, 0.3) is 0 Å². The Morgan fingerprint density at radius 3 is 2.26 bits per heavy atom. The second-order valence-electron chi connectivity index (χ2n) is 11.2. The number of nitrogens with zero attached hydrogens (tertiary/aromatic N) is 2. The van der Waals surface area contributed by atoms with Crippen molar-refractivity contribution >= 4 is 23.8 Å². The van der Waals surface area contributed by atoms with Crippen molar-refractivity contribution in [1.82, 2.24) is 4.90 Å². The number of hydrogen-bond acceptors (Lipinski definition) is 6. The number of fused-ring (bicyclic) bond motifs is 1. The average molecular weight is 524 g/mol. The highest BCUT2D eigenvalue weighted by molar-refractivity contribution is 6.02. The number of amidine groups is 1. The summed E-state index contributed by atoms with van der Waals surface area (Å²) < 4.78 is 16.4. The van der Waals surface area contributed by atoms with Crippen LogP contribution in [-0.2, 0) is 27.1 Å². The van der Waals surface area contributed by atoms with Crippen molar-refractivity contribution in [2.75, 3.05) is 19.7 Å². The quantitative estimate of drug-likeness (QED) is 0.326. The molecular weight excluding hydrogens is 486 g/mol. The van der Waals surface area contributed by atoms with Gasteiger partial charge in [-0.3, -0.25) is 9.59 Å². The first kappa shape index (κ1) is 28.7. The van der Waals surface area contributed by atoms with Gasteiger partial charge in [-0.05, 0) is 77.3 Å². The van der Waals surface area contributed by atoms with Gasteiger partial charge in [-0.25, -0.2) is 4.79 Å². The van der Waals surface area contributed by atoms with E-state index in [-0.39, 0.29) is 18.3 Å². The van der Waals surface area contributed by atoms with Crippen molar-refractivity contribution in [2.24, 2.45) is 10.7 Å². The summed E-state index contributed by atoms with van der Waals surface area (Å²) in [4.78, 5) is 42.2. The molecule has 2 N–H and O–H groups in total. The van der Waals surface area contributed by atoms with Crippen molar-refractivity contribution < 1.29 is 28.6 Å². The largest absolute Gasteiger partial charge is 0.493 e. The van der Waals surface area contributed by atoms with Crippen LogP contribution >= 0.6 is 0 Å². The zero-order valence-corrected chi connectivity index (χ0v) is 23.0. The maximum atomic E-state index is 12.9. The second-order valence-corrected chi connectivity index (χ2v) is 11.2. The van der Waals surface area contributed by atoms with Crippen LogP contribution < -0.4 is 10.5 Å². The molecule has 1 heterocycles. The molecule has 3 rings (SSSR count). The summed E-state index contributed by atoms with van der Waals surface area (Å²) >= 11 is 0. The van der Waals surface area contributed by atoms with E-state index >= 15 is 0 Å². The van der Waals surface area contributed by atoms with Crippen molar-refractivity contribution in [1.29, 1.82) is 0 Å². The summed E-state index contributed by atoms with van der Waals surface area (Å²) in [5.41, 5.74) is 7.84. The summed E-state index contributed by atoms with van der Waals surface area (Å²) in [6.07, 6.45) is 0.563. The molecule has 2 aromatic rings. The zero-order valence-electron chi connectivity index (χ0n) is 23.0. The smallest absolute Gasteiger partial charge is 0.436 e. The number of carbonyl (C=O) groups is 3. The number of amides is 2. The molecule has 9 heteroatoms. The van der Waals surface area contributed by atoms with Crippen LogP contribution in [0.15, 0.2) is 47.5 Å². The lowest BCUT2D eigenvalue weighted by molar-refractivity contribution is -0.155. The van der Waals surface area contributed by atoms with Gasteiger partial charge in [0.05, 0.1) is 6.61 Å². The summed E-state index contributed by atoms with van der Waals surface area (Å²) in [5, 5.41) is 0. The highest BCUT2D eigenvalue weighted by atomic mass is 16.6. The lowest BCUT2D eigenvalue weighted by Crippen LogP contribution is -2.42. The molecule has 0 saturated heterocycles. The molecule has 0 atom stereocenters. The topological polar surface area (TPSA) is 121 Å². The molecule has 2 aromatic carbocycles. The van der Waals surface area contributed by atoms with Crippen molar-refractivity contribution in [2.45, 2.75) is 65.6 Å². The lowest BCUT2D eigenvalue weighted by atomic mass is 9.98. The number of nitrogens with two attached hydrogens (primary N) is 1. The van der Waals surface area contributed by atoms with Gasteiger partial charge in [0.25, 0.3) is 5.91 Å². The Morgan fingerprint density at radius 2 is 1.63 bits per heavy atom. The predicted octanol–water partition coefficient (Wildman–Crippen LogP) is 4.29. The molecule has 1 aliphatic rings. The minimum absolute atomic E-state index is 0.0644. The van der Waals surface area contributed by atoms with Gasteiger partial charge in [-0.15, -0.1) is 0 Å². The molecule has 1 aliphatic heterocycles. The van der Waals surface area contributed by atoms with E-state index in [1.807, 2.05) is 18.2 Å². The number of hydrogen-bond donors (Lipinski definition) is 1. The normalized spacial score (nSPS) is 14.1. The Hall–Kier alpha value is -3.88. The number of rotatable bonds is 7. The maximum Gasteiger partial charge on any atom is 0.436 e. The molecule has 0 radical (unpaired) electrons. The minimum atomic E-state index is -0.727. The first-order valence-corrected chi connectivity index (χ1v) is 12.6. The predicted molar refractivity (Wildman–Crippen MR) is 144 cm³/mol. The van der Waals surface area contributed by atoms with E-state index in [0.29, 0.717) is 42.9 Å². The number of carbonyl (C=O) groups excluding carboxylic acids is 3. The van der Waals surface area contributed by atoms with Gasteiger partial charge in [0.1, 0.15) is 29.3 Å². The van der Waals surface area contributed by atoms with Crippen LogP contribution in [0, 0.1) is 0 Å². The fourth-order valence-electron chi connectivity index (χ4n) is 3.86. The minimum Gasteiger partial charge on any atom is -0.493 e. The van der Waals surface area contributed by atoms with Crippen LogP contribution in [-0.4, -0.2) is 59.6 Å². The number of aliphatic imine (C=N–C) groups is 1. The molecule has 0 spiro atoms. The Balaban J connectivity index is 1.52. The SMILES string of the molecule is CC(C)(C)OC(=O)CN1CCc2cc(OCCc3ccc(/C(N)=N/C(=O)OC(C)(C)C)cc3)ccc2C1=O. The third-order valence-electron chi connectivity index (χ3n) is 5.50. The van der Waals surface area contributed by atoms with Gasteiger partial charge >= 0.3 is 12.1 Å². The highest BCUT2D eigenvalue weighted by Crippen LogP contribution is 2.24. The number of benzene rings is 2. The standard InChI is InChI=1S/C29H37N3O6/c1-28(2,3)37-24(33)18-32-15-13-21-17-22(11-12-23(21)26(32)34)36-16-14-19-7-9-20(10-8-19)25(30)31-27(35)38-29(4,5)6/h7-12,17H,13-16,18H2,1-6H3,(H2,30,31,35). The third-order valence-corrected chi connectivity index (χ3v) is 5.50. The molecule has 204 valence electrons. The van der Waals surface area contributed by atoms with Crippen LogP contribution in [0.2, 0.25) is 0 Å². The van der Waals surface area contributed by atoms with E-state index in [1.54, 1.807) is 65.8 Å². The van der Waals surface area contributed by atoms with Crippen LogP contribution in [0.1, 0.15) is 68.6 Å². The van der Waals surface area contributed by atoms with Gasteiger partial charge < -0.3 is 24.8 Å². The molecule has 0 unspecified atom stereocenters. The van der Waals surface area contributed by atoms with Crippen LogP contribution in [0.3, 0.4) is 0 Å². The zero-order chi connectivity index (χ0) is 28.1. The maximum absolute atomic E-state index is 12.9. The summed E-state index contributed by atoms with van der Waals surface area (Å²) in [6.45, 7) is 11.5. The van der Waals surface area contributed by atoms with Gasteiger partial charge in [-0.1, -0.05) is 24.3 Å². The Morgan fingerprint density at radius 1 is 0.974 bits per heavy atom. The van der Waals surface area contributed by atoms with Crippen LogP contribution in [0.4, 0.5) is 4.79 Å². The molecule has 38 heavy (non-hydrogen) atoms. The van der Waals surface area contributed by atoms with Gasteiger partial charge in [0, 0.05) is 24.1 Å². The van der Waals surface area contributed by atoms with Crippen molar-refractivity contribution in [3.8, 4) is 5.75 Å². The number of esters is 1. The van der Waals surface area contributed by atoms with E-state index in [1.165, 1.54) is 4.90 Å². The molecule has 0 bridgehead atoms. The molecule has 2 amide bonds. The molecule has 0 fully saturated rings. The summed E-state index contributed by atoms with van der Waals surface area (Å²) in [5.74, 6) is 0.177. The fourth-order valence-corrected chi connectivity index (χ4v) is 3.86. The monoisotopic (exact) mass is 523 g/mol. The molecular formula is C29H37N3O6. The molecule has 0 aromatic heterocycles. The molecule has 0 aliphatic carbocycles. The first-order chi connectivity index (χ1) is 17.7. The number of ether oxygens (including phenoxy) is 3. The second kappa shape index (κ2) is 11.7. The van der Waals surface area contributed by atoms with Gasteiger partial charge in [0.2, 0.25) is 0 Å². The van der Waals surface area contributed by atoms with Crippen molar-refractivity contribution in [3.05, 3.63) is 64.7 Å².